The quantitative estimate of drug-likeness (QED) is 0.625. The molecule has 0 aliphatic carbocycles. The zero-order chi connectivity index (χ0) is 17.8. The predicted octanol–water partition coefficient (Wildman–Crippen LogP) is 5.41. The molecule has 7 heteroatoms. The summed E-state index contributed by atoms with van der Waals surface area (Å²) in [6.45, 7) is 4.05. The summed E-state index contributed by atoms with van der Waals surface area (Å²) in [5.41, 5.74) is 2.15. The van der Waals surface area contributed by atoms with Crippen LogP contribution in [0.1, 0.15) is 13.8 Å². The van der Waals surface area contributed by atoms with Gasteiger partial charge in [-0.2, -0.15) is 4.98 Å². The third-order valence-electron chi connectivity index (χ3n) is 3.29. The highest BCUT2D eigenvalue weighted by Gasteiger charge is 2.11. The van der Waals surface area contributed by atoms with E-state index in [2.05, 4.69) is 25.6 Å². The smallest absolute Gasteiger partial charge is 0.225 e. The Morgan fingerprint density at radius 1 is 0.960 bits per heavy atom. The number of pyridine rings is 1. The van der Waals surface area contributed by atoms with E-state index < -0.39 is 0 Å². The molecule has 0 radical (unpaired) electrons. The molecule has 0 aliphatic rings. The molecule has 2 heterocycles. The highest BCUT2D eigenvalue weighted by atomic mass is 35.5. The minimum Gasteiger partial charge on any atom is -0.352 e. The minimum atomic E-state index is 0.196. The van der Waals surface area contributed by atoms with Gasteiger partial charge in [-0.1, -0.05) is 35.3 Å². The Bertz CT molecular complexity index is 869. The van der Waals surface area contributed by atoms with Crippen molar-refractivity contribution in [1.82, 2.24) is 15.0 Å². The second-order valence-electron chi connectivity index (χ2n) is 5.70. The van der Waals surface area contributed by atoms with E-state index in [0.717, 1.165) is 5.69 Å². The molecule has 128 valence electrons. The third-order valence-corrected chi connectivity index (χ3v) is 4.10. The maximum atomic E-state index is 6.26. The summed E-state index contributed by atoms with van der Waals surface area (Å²) in [6.07, 6.45) is 1.73. The molecule has 0 spiro atoms. The van der Waals surface area contributed by atoms with E-state index in [1.165, 1.54) is 0 Å². The Labute approximate surface area is 156 Å². The number of hydrogen-bond donors (Lipinski definition) is 2. The van der Waals surface area contributed by atoms with Gasteiger partial charge in [-0.3, -0.25) is 4.98 Å². The van der Waals surface area contributed by atoms with Gasteiger partial charge in [-0.15, -0.1) is 0 Å². The van der Waals surface area contributed by atoms with Crippen LogP contribution in [0.5, 0.6) is 0 Å². The lowest BCUT2D eigenvalue weighted by Crippen LogP contribution is -2.13. The van der Waals surface area contributed by atoms with Crippen molar-refractivity contribution in [3.63, 3.8) is 0 Å². The fourth-order valence-electron chi connectivity index (χ4n) is 2.22. The van der Waals surface area contributed by atoms with E-state index in [0.29, 0.717) is 33.2 Å². The number of rotatable bonds is 5. The van der Waals surface area contributed by atoms with Crippen LogP contribution in [0.15, 0.2) is 48.7 Å². The first-order valence-electron chi connectivity index (χ1n) is 7.81. The fraction of sp³-hybridized carbons (Fsp3) is 0.167. The zero-order valence-electron chi connectivity index (χ0n) is 13.8. The summed E-state index contributed by atoms with van der Waals surface area (Å²) < 4.78 is 0. The van der Waals surface area contributed by atoms with E-state index in [9.17, 15) is 0 Å². The van der Waals surface area contributed by atoms with E-state index in [-0.39, 0.29) is 6.04 Å². The number of benzene rings is 1. The van der Waals surface area contributed by atoms with Gasteiger partial charge in [-0.05, 0) is 38.1 Å². The molecule has 25 heavy (non-hydrogen) atoms. The first kappa shape index (κ1) is 17.5. The normalized spacial score (nSPS) is 10.8. The van der Waals surface area contributed by atoms with Gasteiger partial charge < -0.3 is 10.6 Å². The van der Waals surface area contributed by atoms with Crippen LogP contribution in [0, 0.1) is 0 Å². The fourth-order valence-corrected chi connectivity index (χ4v) is 2.57. The van der Waals surface area contributed by atoms with Crippen molar-refractivity contribution in [3.8, 4) is 11.4 Å². The van der Waals surface area contributed by atoms with Gasteiger partial charge in [0.2, 0.25) is 5.95 Å². The van der Waals surface area contributed by atoms with Crippen molar-refractivity contribution >= 4 is 40.7 Å². The molecule has 2 aromatic heterocycles. The molecule has 0 unspecified atom stereocenters. The van der Waals surface area contributed by atoms with E-state index in [4.69, 9.17) is 23.2 Å². The largest absolute Gasteiger partial charge is 0.352 e. The lowest BCUT2D eigenvalue weighted by molar-refractivity contribution is 0.875. The summed E-state index contributed by atoms with van der Waals surface area (Å²) in [6, 6.07) is 13.1. The molecule has 0 saturated carbocycles. The lowest BCUT2D eigenvalue weighted by atomic mass is 10.2. The number of nitrogens with zero attached hydrogens (tertiary/aromatic N) is 3. The van der Waals surface area contributed by atoms with Crippen LogP contribution in [-0.4, -0.2) is 21.0 Å². The Kier molecular flexibility index (Phi) is 5.36. The average molecular weight is 374 g/mol. The summed E-state index contributed by atoms with van der Waals surface area (Å²) in [5, 5.41) is 7.34. The van der Waals surface area contributed by atoms with E-state index >= 15 is 0 Å². The maximum absolute atomic E-state index is 6.26. The van der Waals surface area contributed by atoms with Gasteiger partial charge in [0, 0.05) is 18.3 Å². The number of halogens is 2. The van der Waals surface area contributed by atoms with Crippen LogP contribution in [0.2, 0.25) is 10.0 Å². The summed E-state index contributed by atoms with van der Waals surface area (Å²) in [4.78, 5) is 13.4. The maximum Gasteiger partial charge on any atom is 0.225 e. The van der Waals surface area contributed by atoms with Gasteiger partial charge in [0.15, 0.2) is 0 Å². The molecule has 0 amide bonds. The average Bonchev–Trinajstić information content (AvgIpc) is 2.59. The first-order valence-corrected chi connectivity index (χ1v) is 8.56. The topological polar surface area (TPSA) is 62.7 Å². The Hall–Kier alpha value is -2.37. The number of anilines is 3. The van der Waals surface area contributed by atoms with Gasteiger partial charge in [0.25, 0.3) is 0 Å². The number of aromatic nitrogens is 3. The molecule has 3 rings (SSSR count). The third kappa shape index (κ3) is 4.38. The molecular formula is C18H17Cl2N5. The molecule has 0 aliphatic heterocycles. The van der Waals surface area contributed by atoms with Crippen LogP contribution in [0.25, 0.3) is 11.4 Å². The van der Waals surface area contributed by atoms with Crippen LogP contribution < -0.4 is 10.6 Å². The van der Waals surface area contributed by atoms with Gasteiger partial charge in [0.05, 0.1) is 27.1 Å². The van der Waals surface area contributed by atoms with Crippen LogP contribution in [-0.2, 0) is 0 Å². The molecule has 1 aromatic carbocycles. The predicted molar refractivity (Wildman–Crippen MR) is 104 cm³/mol. The SMILES string of the molecule is CC(C)Nc1nc(Nc2cccc(Cl)c2Cl)cc(-c2ccccn2)n1. The Balaban J connectivity index is 2.01. The number of hydrogen-bond acceptors (Lipinski definition) is 5. The molecule has 0 saturated heterocycles. The highest BCUT2D eigenvalue weighted by molar-refractivity contribution is 6.43. The molecule has 0 fully saturated rings. The summed E-state index contributed by atoms with van der Waals surface area (Å²) in [7, 11) is 0. The van der Waals surface area contributed by atoms with Crippen molar-refractivity contribution in [2.75, 3.05) is 10.6 Å². The Morgan fingerprint density at radius 3 is 2.52 bits per heavy atom. The standard InChI is InChI=1S/C18H17Cl2N5/c1-11(2)22-18-24-15(13-7-3-4-9-21-13)10-16(25-18)23-14-8-5-6-12(19)17(14)20/h3-11H,1-2H3,(H2,22,23,24,25). The highest BCUT2D eigenvalue weighted by Crippen LogP contribution is 2.32. The summed E-state index contributed by atoms with van der Waals surface area (Å²) in [5.74, 6) is 1.11. The van der Waals surface area contributed by atoms with Crippen molar-refractivity contribution in [2.45, 2.75) is 19.9 Å². The molecule has 0 bridgehead atoms. The van der Waals surface area contributed by atoms with E-state index in [1.807, 2.05) is 50.2 Å². The van der Waals surface area contributed by atoms with Gasteiger partial charge >= 0.3 is 0 Å². The van der Waals surface area contributed by atoms with Crippen molar-refractivity contribution < 1.29 is 0 Å². The molecule has 0 atom stereocenters. The molecular weight excluding hydrogens is 357 g/mol. The monoisotopic (exact) mass is 373 g/mol. The summed E-state index contributed by atoms with van der Waals surface area (Å²) >= 11 is 12.3. The van der Waals surface area contributed by atoms with Crippen molar-refractivity contribution in [2.24, 2.45) is 0 Å². The van der Waals surface area contributed by atoms with Crippen molar-refractivity contribution in [3.05, 3.63) is 58.7 Å². The lowest BCUT2D eigenvalue weighted by Gasteiger charge is -2.13. The molecule has 5 nitrogen and oxygen atoms in total. The minimum absolute atomic E-state index is 0.196. The number of nitrogens with one attached hydrogen (secondary N) is 2. The van der Waals surface area contributed by atoms with Crippen molar-refractivity contribution in [1.29, 1.82) is 0 Å². The first-order chi connectivity index (χ1) is 12.0. The Morgan fingerprint density at radius 2 is 1.80 bits per heavy atom. The zero-order valence-corrected chi connectivity index (χ0v) is 15.3. The van der Waals surface area contributed by atoms with Crippen LogP contribution >= 0.6 is 23.2 Å². The molecule has 2 N–H and O–H groups in total. The van der Waals surface area contributed by atoms with E-state index in [1.54, 1.807) is 12.3 Å². The second-order valence-corrected chi connectivity index (χ2v) is 6.49. The van der Waals surface area contributed by atoms with Gasteiger partial charge in [0.1, 0.15) is 5.82 Å². The molecule has 3 aromatic rings. The van der Waals surface area contributed by atoms with Gasteiger partial charge in [-0.25, -0.2) is 4.98 Å². The van der Waals surface area contributed by atoms with Crippen LogP contribution in [0.4, 0.5) is 17.5 Å². The second kappa shape index (κ2) is 7.68. The van der Waals surface area contributed by atoms with Crippen LogP contribution in [0.3, 0.4) is 0 Å².